The molecule has 1 aliphatic heterocycles. The Balaban J connectivity index is 2.07. The van der Waals surface area contributed by atoms with E-state index in [2.05, 4.69) is 0 Å². The van der Waals surface area contributed by atoms with Gasteiger partial charge in [-0.1, -0.05) is 12.1 Å². The molecule has 1 amide bonds. The van der Waals surface area contributed by atoms with E-state index in [0.29, 0.717) is 0 Å². The molecule has 0 bridgehead atoms. The van der Waals surface area contributed by atoms with Crippen molar-refractivity contribution in [2.75, 3.05) is 26.2 Å². The minimum atomic E-state index is -4.48. The number of piperazine rings is 1. The van der Waals surface area contributed by atoms with Crippen molar-refractivity contribution < 1.29 is 32.6 Å². The maximum Gasteiger partial charge on any atom is 0.416 e. The number of halogens is 3. The molecule has 1 unspecified atom stereocenters. The summed E-state index contributed by atoms with van der Waals surface area (Å²) in [6.07, 6.45) is -4.94. The summed E-state index contributed by atoms with van der Waals surface area (Å²) in [5, 5.41) is 9.57. The number of benzene rings is 1. The molecule has 1 heterocycles. The molecule has 0 spiro atoms. The first-order valence-electron chi connectivity index (χ1n) is 8.50. The number of ether oxygens (including phenoxy) is 1. The Morgan fingerprint density at radius 2 is 1.56 bits per heavy atom. The van der Waals surface area contributed by atoms with E-state index >= 15 is 0 Å². The third kappa shape index (κ3) is 5.59. The summed E-state index contributed by atoms with van der Waals surface area (Å²) in [6.45, 7) is 6.37. The van der Waals surface area contributed by atoms with Gasteiger partial charge in [0.1, 0.15) is 11.6 Å². The third-order valence-electron chi connectivity index (χ3n) is 4.12. The van der Waals surface area contributed by atoms with Crippen molar-refractivity contribution >= 4 is 12.1 Å². The highest BCUT2D eigenvalue weighted by molar-refractivity contribution is 5.75. The summed E-state index contributed by atoms with van der Waals surface area (Å²) in [5.74, 6) is -1.15. The predicted octanol–water partition coefficient (Wildman–Crippen LogP) is 3.38. The number of carbonyl (C=O) groups is 2. The lowest BCUT2D eigenvalue weighted by molar-refractivity contribution is -0.144. The van der Waals surface area contributed by atoms with E-state index in [4.69, 9.17) is 4.74 Å². The summed E-state index contributed by atoms with van der Waals surface area (Å²) in [7, 11) is 0. The average Bonchev–Trinajstić information content (AvgIpc) is 2.53. The Kier molecular flexibility index (Phi) is 6.04. The van der Waals surface area contributed by atoms with Crippen molar-refractivity contribution in [2.45, 2.75) is 38.6 Å². The molecule has 27 heavy (non-hydrogen) atoms. The number of amides is 1. The smallest absolute Gasteiger partial charge is 0.416 e. The van der Waals surface area contributed by atoms with Gasteiger partial charge in [-0.25, -0.2) is 4.79 Å². The van der Waals surface area contributed by atoms with Crippen molar-refractivity contribution in [1.29, 1.82) is 0 Å². The zero-order chi connectivity index (χ0) is 20.4. The summed E-state index contributed by atoms with van der Waals surface area (Å²) in [4.78, 5) is 26.9. The van der Waals surface area contributed by atoms with Crippen LogP contribution >= 0.6 is 0 Å². The van der Waals surface area contributed by atoms with Gasteiger partial charge in [0.2, 0.25) is 0 Å². The van der Waals surface area contributed by atoms with Gasteiger partial charge in [-0.2, -0.15) is 13.2 Å². The number of hydrogen-bond donors (Lipinski definition) is 1. The Hall–Kier alpha value is -2.29. The zero-order valence-corrected chi connectivity index (χ0v) is 15.4. The molecular weight excluding hydrogens is 365 g/mol. The maximum atomic E-state index is 12.7. The first-order chi connectivity index (χ1) is 12.4. The van der Waals surface area contributed by atoms with Crippen molar-refractivity contribution in [3.8, 4) is 0 Å². The molecule has 0 aliphatic carbocycles. The molecule has 6 nitrogen and oxygen atoms in total. The molecule has 1 atom stereocenters. The minimum Gasteiger partial charge on any atom is -0.480 e. The minimum absolute atomic E-state index is 0.265. The van der Waals surface area contributed by atoms with Crippen LogP contribution in [0, 0.1) is 0 Å². The summed E-state index contributed by atoms with van der Waals surface area (Å²) in [5.41, 5.74) is -1.19. The number of carboxylic acids is 1. The van der Waals surface area contributed by atoms with Crippen LogP contribution in [-0.2, 0) is 15.7 Å². The van der Waals surface area contributed by atoms with Crippen LogP contribution in [0.4, 0.5) is 18.0 Å². The van der Waals surface area contributed by atoms with E-state index in [1.807, 2.05) is 0 Å². The fourth-order valence-corrected chi connectivity index (χ4v) is 2.85. The summed E-state index contributed by atoms with van der Waals surface area (Å²) >= 11 is 0. The Morgan fingerprint density at radius 1 is 1.04 bits per heavy atom. The van der Waals surface area contributed by atoms with Gasteiger partial charge in [-0.05, 0) is 38.5 Å². The SMILES string of the molecule is CC(C)(C)OC(=O)N1CCN(C(C(=O)O)c2ccc(C(F)(F)F)cc2)CC1. The van der Waals surface area contributed by atoms with Crippen molar-refractivity contribution in [1.82, 2.24) is 9.80 Å². The first kappa shape index (κ1) is 21.0. The van der Waals surface area contributed by atoms with E-state index < -0.39 is 35.4 Å². The van der Waals surface area contributed by atoms with Gasteiger partial charge in [0.25, 0.3) is 0 Å². The average molecular weight is 388 g/mol. The fourth-order valence-electron chi connectivity index (χ4n) is 2.85. The quantitative estimate of drug-likeness (QED) is 0.860. The second-order valence-electron chi connectivity index (χ2n) is 7.36. The second kappa shape index (κ2) is 7.75. The lowest BCUT2D eigenvalue weighted by atomic mass is 10.0. The standard InChI is InChI=1S/C18H23F3N2O4/c1-17(2,3)27-16(26)23-10-8-22(9-11-23)14(15(24)25)12-4-6-13(7-5-12)18(19,20)21/h4-7,14H,8-11H2,1-3H3,(H,24,25). The van der Waals surface area contributed by atoms with E-state index in [1.54, 1.807) is 25.7 Å². The van der Waals surface area contributed by atoms with Gasteiger partial charge >= 0.3 is 18.2 Å². The monoisotopic (exact) mass is 388 g/mol. The molecule has 1 fully saturated rings. The van der Waals surface area contributed by atoms with E-state index in [0.717, 1.165) is 12.1 Å². The number of carbonyl (C=O) groups excluding carboxylic acids is 1. The van der Waals surface area contributed by atoms with Crippen LogP contribution in [-0.4, -0.2) is 58.7 Å². The van der Waals surface area contributed by atoms with Crippen LogP contribution in [0.1, 0.15) is 37.9 Å². The van der Waals surface area contributed by atoms with Crippen LogP contribution < -0.4 is 0 Å². The topological polar surface area (TPSA) is 70.1 Å². The highest BCUT2D eigenvalue weighted by Crippen LogP contribution is 2.31. The van der Waals surface area contributed by atoms with Gasteiger partial charge in [0, 0.05) is 26.2 Å². The number of nitrogens with zero attached hydrogens (tertiary/aromatic N) is 2. The van der Waals surface area contributed by atoms with E-state index in [1.165, 1.54) is 17.0 Å². The van der Waals surface area contributed by atoms with Gasteiger partial charge in [-0.15, -0.1) is 0 Å². The first-order valence-corrected chi connectivity index (χ1v) is 8.50. The van der Waals surface area contributed by atoms with E-state index in [-0.39, 0.29) is 31.7 Å². The molecule has 0 radical (unpaired) electrons. The number of rotatable bonds is 3. The van der Waals surface area contributed by atoms with Gasteiger partial charge in [-0.3, -0.25) is 9.69 Å². The predicted molar refractivity (Wildman–Crippen MR) is 91.2 cm³/mol. The van der Waals surface area contributed by atoms with E-state index in [9.17, 15) is 27.9 Å². The van der Waals surface area contributed by atoms with Crippen LogP contribution in [0.2, 0.25) is 0 Å². The molecule has 2 rings (SSSR count). The van der Waals surface area contributed by atoms with Crippen LogP contribution in [0.5, 0.6) is 0 Å². The molecule has 1 N–H and O–H groups in total. The molecule has 1 aromatic carbocycles. The highest BCUT2D eigenvalue weighted by atomic mass is 19.4. The maximum absolute atomic E-state index is 12.7. The Labute approximate surface area is 155 Å². The van der Waals surface area contributed by atoms with Crippen molar-refractivity contribution in [2.24, 2.45) is 0 Å². The number of carboxylic acid groups (broad SMARTS) is 1. The number of hydrogen-bond acceptors (Lipinski definition) is 4. The van der Waals surface area contributed by atoms with Crippen LogP contribution in [0.25, 0.3) is 0 Å². The molecule has 1 aromatic rings. The van der Waals surface area contributed by atoms with Crippen LogP contribution in [0.3, 0.4) is 0 Å². The largest absolute Gasteiger partial charge is 0.480 e. The molecule has 9 heteroatoms. The van der Waals surface area contributed by atoms with Gasteiger partial charge in [0.15, 0.2) is 0 Å². The number of alkyl halides is 3. The molecule has 0 saturated carbocycles. The van der Waals surface area contributed by atoms with Crippen molar-refractivity contribution in [3.05, 3.63) is 35.4 Å². The van der Waals surface area contributed by atoms with Crippen LogP contribution in [0.15, 0.2) is 24.3 Å². The fraction of sp³-hybridized carbons (Fsp3) is 0.556. The molecule has 1 aliphatic rings. The number of aliphatic carboxylic acids is 1. The zero-order valence-electron chi connectivity index (χ0n) is 15.4. The Morgan fingerprint density at radius 3 is 1.96 bits per heavy atom. The van der Waals surface area contributed by atoms with Gasteiger partial charge < -0.3 is 14.7 Å². The van der Waals surface area contributed by atoms with Crippen molar-refractivity contribution in [3.63, 3.8) is 0 Å². The second-order valence-corrected chi connectivity index (χ2v) is 7.36. The lowest BCUT2D eigenvalue weighted by Crippen LogP contribution is -2.52. The third-order valence-corrected chi connectivity index (χ3v) is 4.12. The summed E-state index contributed by atoms with van der Waals surface area (Å²) < 4.78 is 43.4. The molecule has 150 valence electrons. The molecule has 1 saturated heterocycles. The lowest BCUT2D eigenvalue weighted by Gasteiger charge is -2.38. The molecular formula is C18H23F3N2O4. The summed E-state index contributed by atoms with van der Waals surface area (Å²) in [6, 6.07) is 3.04. The van der Waals surface area contributed by atoms with Gasteiger partial charge in [0.05, 0.1) is 5.56 Å². The molecule has 0 aromatic heterocycles. The normalized spacial score (nSPS) is 17.5. The highest BCUT2D eigenvalue weighted by Gasteiger charge is 2.34. The Bertz CT molecular complexity index is 675.